The fourth-order valence-corrected chi connectivity index (χ4v) is 4.56. The highest BCUT2D eigenvalue weighted by Crippen LogP contribution is 2.41. The van der Waals surface area contributed by atoms with E-state index in [-0.39, 0.29) is 5.54 Å². The molecule has 0 atom stereocenters. The average Bonchev–Trinajstić information content (AvgIpc) is 3.50. The van der Waals surface area contributed by atoms with Crippen molar-refractivity contribution in [2.75, 3.05) is 26.2 Å². The van der Waals surface area contributed by atoms with Gasteiger partial charge in [-0.15, -0.1) is 0 Å². The number of hydrogen-bond acceptors (Lipinski definition) is 7. The van der Waals surface area contributed by atoms with Crippen molar-refractivity contribution in [2.45, 2.75) is 70.8 Å². The molecular formula is C25H31F9N4O7. The number of furan rings is 1. The summed E-state index contributed by atoms with van der Waals surface area (Å²) in [5.41, 5.74) is 1.42. The van der Waals surface area contributed by atoms with Crippen LogP contribution in [0.15, 0.2) is 22.7 Å². The number of fused-ring (bicyclic) bond motifs is 2. The number of alkyl halides is 9. The van der Waals surface area contributed by atoms with E-state index in [1.807, 2.05) is 13.1 Å². The van der Waals surface area contributed by atoms with Gasteiger partial charge in [-0.1, -0.05) is 6.92 Å². The molecule has 1 fully saturated rings. The Hall–Kier alpha value is -3.81. The van der Waals surface area contributed by atoms with Crippen molar-refractivity contribution >= 4 is 17.9 Å². The lowest BCUT2D eigenvalue weighted by molar-refractivity contribution is -0.193. The second kappa shape index (κ2) is 15.5. The molecule has 3 N–H and O–H groups in total. The Balaban J connectivity index is 0.000000396. The third kappa shape index (κ3) is 11.6. The maximum atomic E-state index is 10.6. The van der Waals surface area contributed by atoms with Crippen molar-refractivity contribution in [1.29, 1.82) is 0 Å². The zero-order chi connectivity index (χ0) is 35.0. The van der Waals surface area contributed by atoms with Crippen LogP contribution in [0.3, 0.4) is 0 Å². The summed E-state index contributed by atoms with van der Waals surface area (Å²) in [5.74, 6) is -4.90. The smallest absolute Gasteiger partial charge is 0.475 e. The minimum absolute atomic E-state index is 0.122. The monoisotopic (exact) mass is 670 g/mol. The Kier molecular flexibility index (Phi) is 13.5. The number of piperidine rings is 1. The van der Waals surface area contributed by atoms with Crippen molar-refractivity contribution in [3.63, 3.8) is 0 Å². The topological polar surface area (TPSA) is 149 Å². The minimum atomic E-state index is -5.08. The number of likely N-dealkylation sites (N-methyl/N-ethyl adjacent to an activating group) is 1. The summed E-state index contributed by atoms with van der Waals surface area (Å²) < 4.78 is 103. The van der Waals surface area contributed by atoms with E-state index in [4.69, 9.17) is 39.1 Å². The van der Waals surface area contributed by atoms with Crippen LogP contribution in [0.25, 0.3) is 0 Å². The quantitative estimate of drug-likeness (QED) is 0.388. The standard InChI is InChI=1S/C19H28N4O.3C2HF3O2/c1-4-22-11-12-23-15(2)13-20-18(23)19(22)7-9-21(10-8-19)14-17-6-5-16(3)24-17;3*3-2(4,5)1(6)7/h5-6,13H,4,7-12,14H2,1-3H3;3*(H,6,7). The maximum Gasteiger partial charge on any atom is 0.490 e. The van der Waals surface area contributed by atoms with Crippen molar-refractivity contribution in [3.05, 3.63) is 41.4 Å². The van der Waals surface area contributed by atoms with Crippen LogP contribution in [-0.4, -0.2) is 97.3 Å². The molecule has 2 aliphatic rings. The van der Waals surface area contributed by atoms with E-state index >= 15 is 0 Å². The lowest BCUT2D eigenvalue weighted by Gasteiger charge is -2.50. The molecule has 0 saturated carbocycles. The highest BCUT2D eigenvalue weighted by molar-refractivity contribution is 5.73. The van der Waals surface area contributed by atoms with Crippen LogP contribution >= 0.6 is 0 Å². The summed E-state index contributed by atoms with van der Waals surface area (Å²) in [4.78, 5) is 36.7. The maximum absolute atomic E-state index is 10.6. The van der Waals surface area contributed by atoms with Gasteiger partial charge >= 0.3 is 36.4 Å². The van der Waals surface area contributed by atoms with Gasteiger partial charge in [-0.3, -0.25) is 9.80 Å². The molecule has 11 nitrogen and oxygen atoms in total. The molecule has 0 radical (unpaired) electrons. The predicted octanol–water partition coefficient (Wildman–Crippen LogP) is 4.82. The van der Waals surface area contributed by atoms with Gasteiger partial charge in [0.25, 0.3) is 0 Å². The zero-order valence-electron chi connectivity index (χ0n) is 24.1. The van der Waals surface area contributed by atoms with E-state index in [9.17, 15) is 39.5 Å². The van der Waals surface area contributed by atoms with Crippen LogP contribution in [0, 0.1) is 13.8 Å². The van der Waals surface area contributed by atoms with Crippen molar-refractivity contribution in [1.82, 2.24) is 19.4 Å². The van der Waals surface area contributed by atoms with Gasteiger partial charge in [0.05, 0.1) is 12.1 Å². The van der Waals surface area contributed by atoms with Crippen molar-refractivity contribution in [2.24, 2.45) is 0 Å². The van der Waals surface area contributed by atoms with E-state index in [0.717, 1.165) is 63.6 Å². The Morgan fingerprint density at radius 1 is 0.822 bits per heavy atom. The molecule has 1 saturated heterocycles. The molecule has 4 rings (SSSR count). The van der Waals surface area contributed by atoms with Crippen LogP contribution in [0.5, 0.6) is 0 Å². The molecular weight excluding hydrogens is 639 g/mol. The van der Waals surface area contributed by atoms with Crippen molar-refractivity contribution < 1.29 is 73.6 Å². The van der Waals surface area contributed by atoms with E-state index in [2.05, 4.69) is 40.3 Å². The van der Waals surface area contributed by atoms with Crippen LogP contribution in [0.4, 0.5) is 39.5 Å². The molecule has 256 valence electrons. The average molecular weight is 671 g/mol. The molecule has 2 aromatic heterocycles. The number of nitrogens with zero attached hydrogens (tertiary/aromatic N) is 4. The highest BCUT2D eigenvalue weighted by Gasteiger charge is 2.46. The minimum Gasteiger partial charge on any atom is -0.475 e. The molecule has 4 heterocycles. The largest absolute Gasteiger partial charge is 0.490 e. The first-order chi connectivity index (χ1) is 20.5. The van der Waals surface area contributed by atoms with Gasteiger partial charge in [0.15, 0.2) is 0 Å². The molecule has 0 bridgehead atoms. The first-order valence-electron chi connectivity index (χ1n) is 12.9. The lowest BCUT2D eigenvalue weighted by Crippen LogP contribution is -2.57. The number of rotatable bonds is 3. The molecule has 0 aromatic carbocycles. The number of imidazole rings is 1. The van der Waals surface area contributed by atoms with Crippen LogP contribution < -0.4 is 0 Å². The zero-order valence-corrected chi connectivity index (χ0v) is 24.1. The van der Waals surface area contributed by atoms with Gasteiger partial charge < -0.3 is 24.3 Å². The van der Waals surface area contributed by atoms with E-state index in [1.54, 1.807) is 0 Å². The van der Waals surface area contributed by atoms with E-state index in [1.165, 1.54) is 11.5 Å². The molecule has 0 unspecified atom stereocenters. The summed E-state index contributed by atoms with van der Waals surface area (Å²) in [7, 11) is 0. The molecule has 1 spiro atoms. The number of hydrogen-bond donors (Lipinski definition) is 3. The number of aryl methyl sites for hydroxylation is 2. The second-order valence-corrected chi connectivity index (χ2v) is 9.68. The van der Waals surface area contributed by atoms with Crippen LogP contribution in [-0.2, 0) is 33.0 Å². The van der Waals surface area contributed by atoms with Gasteiger partial charge in [-0.2, -0.15) is 39.5 Å². The molecule has 2 aliphatic heterocycles. The Morgan fingerprint density at radius 2 is 1.27 bits per heavy atom. The van der Waals surface area contributed by atoms with Gasteiger partial charge in [0.2, 0.25) is 0 Å². The summed E-state index contributed by atoms with van der Waals surface area (Å²) >= 11 is 0. The first-order valence-corrected chi connectivity index (χ1v) is 12.9. The summed E-state index contributed by atoms with van der Waals surface area (Å²) in [6.07, 6.45) is -10.9. The third-order valence-electron chi connectivity index (χ3n) is 6.64. The normalized spacial score (nSPS) is 16.6. The third-order valence-corrected chi connectivity index (χ3v) is 6.64. The Morgan fingerprint density at radius 3 is 1.62 bits per heavy atom. The number of likely N-dealkylation sites (tertiary alicyclic amines) is 1. The van der Waals surface area contributed by atoms with Gasteiger partial charge in [0, 0.05) is 38.1 Å². The lowest BCUT2D eigenvalue weighted by atomic mass is 9.83. The summed E-state index contributed by atoms with van der Waals surface area (Å²) in [5, 5.41) is 21.4. The number of carboxylic acid groups (broad SMARTS) is 3. The van der Waals surface area contributed by atoms with E-state index in [0.29, 0.717) is 0 Å². The van der Waals surface area contributed by atoms with Gasteiger partial charge in [0.1, 0.15) is 17.3 Å². The fraction of sp³-hybridized carbons (Fsp3) is 0.600. The molecule has 2 aromatic rings. The number of aromatic nitrogens is 2. The van der Waals surface area contributed by atoms with Crippen LogP contribution in [0.1, 0.15) is 42.8 Å². The first kappa shape index (κ1) is 39.2. The molecule has 0 amide bonds. The van der Waals surface area contributed by atoms with E-state index < -0.39 is 36.4 Å². The molecule has 45 heavy (non-hydrogen) atoms. The second-order valence-electron chi connectivity index (χ2n) is 9.68. The number of aliphatic carboxylic acids is 3. The summed E-state index contributed by atoms with van der Waals surface area (Å²) in [6, 6.07) is 4.16. The number of halogens is 9. The molecule has 20 heteroatoms. The van der Waals surface area contributed by atoms with Crippen molar-refractivity contribution in [3.8, 4) is 0 Å². The fourth-order valence-electron chi connectivity index (χ4n) is 4.56. The van der Waals surface area contributed by atoms with Gasteiger partial charge in [-0.25, -0.2) is 19.4 Å². The predicted molar refractivity (Wildman–Crippen MR) is 135 cm³/mol. The highest BCUT2D eigenvalue weighted by atomic mass is 19.4. The van der Waals surface area contributed by atoms with Crippen LogP contribution in [0.2, 0.25) is 0 Å². The number of carboxylic acids is 3. The van der Waals surface area contributed by atoms with Gasteiger partial charge in [-0.05, 0) is 45.4 Å². The summed E-state index contributed by atoms with van der Waals surface area (Å²) in [6.45, 7) is 12.9. The Bertz CT molecular complexity index is 1220. The number of carbonyl (C=O) groups is 3. The molecule has 0 aliphatic carbocycles. The Labute approximate surface area is 249 Å². The SMILES string of the molecule is CCN1CCn2c(C)cnc2C12CCN(Cc1ccc(C)o1)CC2.O=C(O)C(F)(F)F.O=C(O)C(F)(F)F.O=C(O)C(F)(F)F.